The monoisotopic (exact) mass is 207 g/mol. The van der Waals surface area contributed by atoms with Crippen LogP contribution in [0.2, 0.25) is 0 Å². The third-order valence-electron chi connectivity index (χ3n) is 2.31. The van der Waals surface area contributed by atoms with Crippen LogP contribution in [-0.2, 0) is 14.6 Å². The van der Waals surface area contributed by atoms with Gasteiger partial charge in [0.1, 0.15) is 0 Å². The van der Waals surface area contributed by atoms with Gasteiger partial charge in [-0.25, -0.2) is 8.42 Å². The Labute approximate surface area is 79.4 Å². The Kier molecular flexibility index (Phi) is 3.70. The van der Waals surface area contributed by atoms with E-state index in [-0.39, 0.29) is 16.9 Å². The van der Waals surface area contributed by atoms with Crippen LogP contribution in [0, 0.1) is 5.92 Å². The fourth-order valence-corrected chi connectivity index (χ4v) is 3.36. The van der Waals surface area contributed by atoms with Gasteiger partial charge in [-0.2, -0.15) is 0 Å². The molecule has 0 bridgehead atoms. The van der Waals surface area contributed by atoms with Gasteiger partial charge in [-0.1, -0.05) is 6.92 Å². The first kappa shape index (κ1) is 10.9. The molecule has 4 nitrogen and oxygen atoms in total. The Morgan fingerprint density at radius 3 is 2.77 bits per heavy atom. The Hall–Kier alpha value is -0.130. The molecule has 5 heteroatoms. The zero-order valence-electron chi connectivity index (χ0n) is 7.90. The third-order valence-corrected chi connectivity index (χ3v) is 4.74. The molecule has 1 fully saturated rings. The van der Waals surface area contributed by atoms with Crippen LogP contribution in [0.25, 0.3) is 0 Å². The SMILES string of the molecule is CC(CN)CS(=O)(=O)C1CCOC1. The minimum atomic E-state index is -2.98. The molecule has 0 saturated carbocycles. The van der Waals surface area contributed by atoms with Gasteiger partial charge in [-0.05, 0) is 18.9 Å². The van der Waals surface area contributed by atoms with Crippen LogP contribution in [0.3, 0.4) is 0 Å². The molecule has 2 N–H and O–H groups in total. The molecule has 1 rings (SSSR count). The molecule has 2 atom stereocenters. The van der Waals surface area contributed by atoms with Crippen LogP contribution < -0.4 is 5.73 Å². The second-order valence-electron chi connectivity index (χ2n) is 3.66. The van der Waals surface area contributed by atoms with Crippen molar-refractivity contribution in [1.29, 1.82) is 0 Å². The van der Waals surface area contributed by atoms with Gasteiger partial charge in [-0.15, -0.1) is 0 Å². The minimum absolute atomic E-state index is 0.0469. The van der Waals surface area contributed by atoms with Crippen molar-refractivity contribution in [1.82, 2.24) is 0 Å². The average Bonchev–Trinajstić information content (AvgIpc) is 2.55. The predicted molar refractivity (Wildman–Crippen MR) is 51.2 cm³/mol. The summed E-state index contributed by atoms with van der Waals surface area (Å²) in [5, 5.41) is -0.290. The highest BCUT2D eigenvalue weighted by atomic mass is 32.2. The standard InChI is InChI=1S/C8H17NO3S/c1-7(4-9)6-13(10,11)8-2-3-12-5-8/h7-8H,2-6,9H2,1H3. The highest BCUT2D eigenvalue weighted by Crippen LogP contribution is 2.16. The molecule has 1 aliphatic rings. The van der Waals surface area contributed by atoms with E-state index in [0.717, 1.165) is 0 Å². The summed E-state index contributed by atoms with van der Waals surface area (Å²) in [4.78, 5) is 0. The largest absolute Gasteiger partial charge is 0.380 e. The van der Waals surface area contributed by atoms with Crippen molar-refractivity contribution < 1.29 is 13.2 Å². The molecule has 0 amide bonds. The summed E-state index contributed by atoms with van der Waals surface area (Å²) in [6.07, 6.45) is 0.639. The van der Waals surface area contributed by atoms with Crippen molar-refractivity contribution in [3.8, 4) is 0 Å². The van der Waals surface area contributed by atoms with Crippen LogP contribution in [-0.4, -0.2) is 39.2 Å². The highest BCUT2D eigenvalue weighted by molar-refractivity contribution is 7.92. The summed E-state index contributed by atoms with van der Waals surface area (Å²) in [6, 6.07) is 0. The number of sulfone groups is 1. The summed E-state index contributed by atoms with van der Waals surface area (Å²) in [7, 11) is -2.98. The fourth-order valence-electron chi connectivity index (χ4n) is 1.40. The van der Waals surface area contributed by atoms with E-state index in [1.54, 1.807) is 0 Å². The molecule has 0 radical (unpaired) electrons. The van der Waals surface area contributed by atoms with Crippen molar-refractivity contribution in [3.05, 3.63) is 0 Å². The summed E-state index contributed by atoms with van der Waals surface area (Å²) in [5.41, 5.74) is 5.38. The van der Waals surface area contributed by atoms with Crippen LogP contribution in [0.5, 0.6) is 0 Å². The van der Waals surface area contributed by atoms with E-state index in [2.05, 4.69) is 0 Å². The highest BCUT2D eigenvalue weighted by Gasteiger charge is 2.30. The maximum absolute atomic E-state index is 11.7. The Morgan fingerprint density at radius 2 is 2.31 bits per heavy atom. The lowest BCUT2D eigenvalue weighted by Gasteiger charge is -2.13. The van der Waals surface area contributed by atoms with Gasteiger partial charge in [0.2, 0.25) is 0 Å². The molecular formula is C8H17NO3S. The number of rotatable bonds is 4. The first-order valence-electron chi connectivity index (χ1n) is 4.55. The topological polar surface area (TPSA) is 69.4 Å². The summed E-state index contributed by atoms with van der Waals surface area (Å²) >= 11 is 0. The molecule has 0 aromatic carbocycles. The summed E-state index contributed by atoms with van der Waals surface area (Å²) in [6.45, 7) is 3.21. The molecule has 0 aromatic rings. The average molecular weight is 207 g/mol. The van der Waals surface area contributed by atoms with Crippen molar-refractivity contribution in [2.24, 2.45) is 11.7 Å². The van der Waals surface area contributed by atoms with E-state index in [9.17, 15) is 8.42 Å². The van der Waals surface area contributed by atoms with Gasteiger partial charge in [0, 0.05) is 6.61 Å². The van der Waals surface area contributed by atoms with E-state index >= 15 is 0 Å². The number of hydrogen-bond donors (Lipinski definition) is 1. The second kappa shape index (κ2) is 4.39. The number of nitrogens with two attached hydrogens (primary N) is 1. The molecule has 0 spiro atoms. The van der Waals surface area contributed by atoms with Crippen molar-refractivity contribution in [3.63, 3.8) is 0 Å². The van der Waals surface area contributed by atoms with E-state index in [1.165, 1.54) is 0 Å². The maximum atomic E-state index is 11.7. The Balaban J connectivity index is 2.54. The quantitative estimate of drug-likeness (QED) is 0.692. The van der Waals surface area contributed by atoms with Gasteiger partial charge < -0.3 is 10.5 Å². The van der Waals surface area contributed by atoms with Gasteiger partial charge in [-0.3, -0.25) is 0 Å². The lowest BCUT2D eigenvalue weighted by molar-refractivity contribution is 0.198. The normalized spacial score (nSPS) is 26.2. The maximum Gasteiger partial charge on any atom is 0.155 e. The van der Waals surface area contributed by atoms with Crippen molar-refractivity contribution in [2.75, 3.05) is 25.5 Å². The van der Waals surface area contributed by atoms with Crippen molar-refractivity contribution >= 4 is 9.84 Å². The molecule has 1 heterocycles. The van der Waals surface area contributed by atoms with Crippen LogP contribution >= 0.6 is 0 Å². The molecule has 1 aliphatic heterocycles. The molecule has 13 heavy (non-hydrogen) atoms. The lowest BCUT2D eigenvalue weighted by atomic mass is 10.2. The summed E-state index contributed by atoms with van der Waals surface area (Å²) in [5.74, 6) is 0.239. The molecule has 0 aliphatic carbocycles. The zero-order valence-corrected chi connectivity index (χ0v) is 8.72. The first-order chi connectivity index (χ1) is 6.06. The predicted octanol–water partition coefficient (Wildman–Crippen LogP) is -0.215. The van der Waals surface area contributed by atoms with Gasteiger partial charge >= 0.3 is 0 Å². The van der Waals surface area contributed by atoms with Crippen LogP contribution in [0.1, 0.15) is 13.3 Å². The molecule has 0 aromatic heterocycles. The minimum Gasteiger partial charge on any atom is -0.380 e. The van der Waals surface area contributed by atoms with E-state index in [1.807, 2.05) is 6.92 Å². The van der Waals surface area contributed by atoms with Gasteiger partial charge in [0.15, 0.2) is 9.84 Å². The second-order valence-corrected chi connectivity index (χ2v) is 5.98. The van der Waals surface area contributed by atoms with E-state index in [0.29, 0.717) is 26.2 Å². The van der Waals surface area contributed by atoms with E-state index < -0.39 is 9.84 Å². The molecular weight excluding hydrogens is 190 g/mol. The summed E-state index contributed by atoms with van der Waals surface area (Å²) < 4.78 is 28.4. The Bertz CT molecular complexity index is 244. The van der Waals surface area contributed by atoms with Crippen molar-refractivity contribution in [2.45, 2.75) is 18.6 Å². The Morgan fingerprint density at radius 1 is 1.62 bits per heavy atom. The number of hydrogen-bond acceptors (Lipinski definition) is 4. The van der Waals surface area contributed by atoms with Crippen LogP contribution in [0.15, 0.2) is 0 Å². The van der Waals surface area contributed by atoms with Gasteiger partial charge in [0.05, 0.1) is 17.6 Å². The van der Waals surface area contributed by atoms with Crippen LogP contribution in [0.4, 0.5) is 0 Å². The zero-order chi connectivity index (χ0) is 9.90. The number of ether oxygens (including phenoxy) is 1. The molecule has 1 saturated heterocycles. The lowest BCUT2D eigenvalue weighted by Crippen LogP contribution is -2.29. The van der Waals surface area contributed by atoms with Gasteiger partial charge in [0.25, 0.3) is 0 Å². The first-order valence-corrected chi connectivity index (χ1v) is 6.27. The third kappa shape index (κ3) is 2.93. The smallest absolute Gasteiger partial charge is 0.155 e. The molecule has 2 unspecified atom stereocenters. The fraction of sp³-hybridized carbons (Fsp3) is 1.00. The molecule has 78 valence electrons. The van der Waals surface area contributed by atoms with E-state index in [4.69, 9.17) is 10.5 Å².